The fraction of sp³-hybridized carbons (Fsp3) is 0.111. The number of aliphatic hydroxyl groups is 1. The van der Waals surface area contributed by atoms with Crippen molar-refractivity contribution in [2.45, 2.75) is 12.4 Å². The van der Waals surface area contributed by atoms with Crippen LogP contribution in [0.4, 0.5) is 18.9 Å². The molecule has 4 aromatic rings. The summed E-state index contributed by atoms with van der Waals surface area (Å²) >= 11 is 6.11. The number of carbonyl (C=O) groups excluding carboxylic acids is 2. The number of carbonyl (C=O) groups is 2. The second kappa shape index (κ2) is 9.59. The lowest BCUT2D eigenvalue weighted by Gasteiger charge is -2.27. The second-order valence-electron chi connectivity index (χ2n) is 8.44. The molecule has 0 fully saturated rings. The highest BCUT2D eigenvalue weighted by atomic mass is 35.5. The fourth-order valence-electron chi connectivity index (χ4n) is 4.39. The number of alkyl halides is 3. The van der Waals surface area contributed by atoms with Crippen molar-refractivity contribution in [2.24, 2.45) is 0 Å². The van der Waals surface area contributed by atoms with Crippen LogP contribution in [0.3, 0.4) is 0 Å². The smallest absolute Gasteiger partial charge is 0.508 e. The van der Waals surface area contributed by atoms with Crippen molar-refractivity contribution < 1.29 is 46.9 Å². The number of aromatic hydroxyl groups is 1. The predicted molar refractivity (Wildman–Crippen MR) is 133 cm³/mol. The zero-order valence-electron chi connectivity index (χ0n) is 19.8. The number of benzene rings is 3. The maximum absolute atomic E-state index is 13.8. The molecule has 39 heavy (non-hydrogen) atoms. The highest BCUT2D eigenvalue weighted by molar-refractivity contribution is 6.31. The molecular weight excluding hydrogens is 543 g/mol. The van der Waals surface area contributed by atoms with Gasteiger partial charge >= 0.3 is 6.36 Å². The normalized spacial score (nSPS) is 15.8. The second-order valence-corrected chi connectivity index (χ2v) is 8.88. The van der Waals surface area contributed by atoms with Gasteiger partial charge in [0.15, 0.2) is 22.9 Å². The van der Waals surface area contributed by atoms with Crippen LogP contribution in [0.2, 0.25) is 5.02 Å². The molecule has 200 valence electrons. The number of methoxy groups -OCH3 is 1. The van der Waals surface area contributed by atoms with E-state index in [2.05, 4.69) is 4.74 Å². The van der Waals surface area contributed by atoms with E-state index in [0.717, 1.165) is 17.0 Å². The van der Waals surface area contributed by atoms with Gasteiger partial charge in [0.05, 0.1) is 18.7 Å². The molecule has 1 amide bonds. The van der Waals surface area contributed by atoms with E-state index in [0.29, 0.717) is 10.4 Å². The Labute approximate surface area is 223 Å². The molecule has 0 bridgehead atoms. The van der Waals surface area contributed by atoms with Gasteiger partial charge in [-0.15, -0.1) is 13.2 Å². The van der Waals surface area contributed by atoms with Gasteiger partial charge in [0.2, 0.25) is 5.78 Å². The molecule has 2 N–H and O–H groups in total. The van der Waals surface area contributed by atoms with Gasteiger partial charge in [0.25, 0.3) is 5.91 Å². The van der Waals surface area contributed by atoms with E-state index in [1.807, 2.05) is 0 Å². The summed E-state index contributed by atoms with van der Waals surface area (Å²) in [6.45, 7) is 0. The molecule has 1 unspecified atom stereocenters. The fourth-order valence-corrected chi connectivity index (χ4v) is 4.60. The van der Waals surface area contributed by atoms with E-state index >= 15 is 0 Å². The predicted octanol–water partition coefficient (Wildman–Crippen LogP) is 6.48. The summed E-state index contributed by atoms with van der Waals surface area (Å²) < 4.78 is 53.5. The molecule has 5 rings (SSSR count). The molecular formula is C27H17ClF3NO7. The number of ketones is 1. The van der Waals surface area contributed by atoms with Crippen LogP contribution < -0.4 is 14.4 Å². The Morgan fingerprint density at radius 2 is 1.77 bits per heavy atom. The average molecular weight is 560 g/mol. The van der Waals surface area contributed by atoms with Gasteiger partial charge in [0.1, 0.15) is 11.5 Å². The van der Waals surface area contributed by atoms with E-state index in [1.54, 1.807) is 0 Å². The summed E-state index contributed by atoms with van der Waals surface area (Å²) in [7, 11) is 1.38. The largest absolute Gasteiger partial charge is 0.573 e. The van der Waals surface area contributed by atoms with Gasteiger partial charge in [-0.2, -0.15) is 0 Å². The molecule has 8 nitrogen and oxygen atoms in total. The zero-order valence-corrected chi connectivity index (χ0v) is 20.6. The number of phenols is 1. The number of rotatable bonds is 6. The molecule has 0 radical (unpaired) electrons. The number of aliphatic hydroxyl groups excluding tert-OH is 1. The molecule has 0 saturated carbocycles. The van der Waals surface area contributed by atoms with E-state index in [-0.39, 0.29) is 34.1 Å². The molecule has 2 heterocycles. The van der Waals surface area contributed by atoms with Gasteiger partial charge in [-0.1, -0.05) is 29.8 Å². The Morgan fingerprint density at radius 1 is 1.05 bits per heavy atom. The standard InChI is InChI=1S/C27H17ClF3NO7/c1-37-20-11-15(28)9-14-10-19(38-25(14)20)23(34)21-22(13-5-7-17(33)8-6-13)32(26(36)24(21)35)16-3-2-4-18(12-16)39-27(29,30)31/h2-12,22,33,35H,1H3. The highest BCUT2D eigenvalue weighted by Crippen LogP contribution is 2.44. The lowest BCUT2D eigenvalue weighted by Crippen LogP contribution is -2.31. The molecule has 1 aliphatic heterocycles. The maximum Gasteiger partial charge on any atom is 0.573 e. The molecule has 0 spiro atoms. The number of Topliss-reactive ketones (excluding diaryl/α,β-unsaturated/α-hetero) is 1. The Bertz CT molecular complexity index is 1640. The van der Waals surface area contributed by atoms with Crippen molar-refractivity contribution in [3.63, 3.8) is 0 Å². The first-order chi connectivity index (χ1) is 18.5. The Balaban J connectivity index is 1.64. The van der Waals surface area contributed by atoms with Crippen molar-refractivity contribution in [3.05, 3.63) is 94.4 Å². The number of nitrogens with zero attached hydrogens (tertiary/aromatic N) is 1. The summed E-state index contributed by atoms with van der Waals surface area (Å²) in [6.07, 6.45) is -4.99. The number of halogens is 4. The van der Waals surface area contributed by atoms with E-state index in [4.69, 9.17) is 20.8 Å². The van der Waals surface area contributed by atoms with Crippen molar-refractivity contribution >= 4 is 39.9 Å². The summed E-state index contributed by atoms with van der Waals surface area (Å²) in [5, 5.41) is 21.4. The number of ether oxygens (including phenoxy) is 2. The first kappa shape index (κ1) is 26.0. The minimum atomic E-state index is -4.99. The van der Waals surface area contributed by atoms with Gasteiger partial charge in [-0.25, -0.2) is 0 Å². The maximum atomic E-state index is 13.8. The molecule has 0 aliphatic carbocycles. The summed E-state index contributed by atoms with van der Waals surface area (Å²) in [4.78, 5) is 28.0. The summed E-state index contributed by atoms with van der Waals surface area (Å²) in [5.41, 5.74) is -0.0127. The van der Waals surface area contributed by atoms with Crippen molar-refractivity contribution in [2.75, 3.05) is 12.0 Å². The van der Waals surface area contributed by atoms with Crippen molar-refractivity contribution in [1.29, 1.82) is 0 Å². The van der Waals surface area contributed by atoms with E-state index in [9.17, 15) is 33.0 Å². The molecule has 12 heteroatoms. The van der Waals surface area contributed by atoms with Crippen LogP contribution in [-0.2, 0) is 4.79 Å². The SMILES string of the molecule is COc1cc(Cl)cc2cc(C(=O)C3=C(O)C(=O)N(c4cccc(OC(F)(F)F)c4)C3c3ccc(O)cc3)oc12. The minimum absolute atomic E-state index is 0.0905. The van der Waals surface area contributed by atoms with Crippen LogP contribution in [-0.4, -0.2) is 35.4 Å². The van der Waals surface area contributed by atoms with Crippen molar-refractivity contribution in [1.82, 2.24) is 0 Å². The summed E-state index contributed by atoms with van der Waals surface area (Å²) in [5.74, 6) is -3.56. The molecule has 0 saturated heterocycles. The van der Waals surface area contributed by atoms with Crippen LogP contribution in [0.1, 0.15) is 22.2 Å². The highest BCUT2D eigenvalue weighted by Gasteiger charge is 2.45. The van der Waals surface area contributed by atoms with Crippen LogP contribution in [0.25, 0.3) is 11.0 Å². The van der Waals surface area contributed by atoms with Crippen molar-refractivity contribution in [3.8, 4) is 17.2 Å². The van der Waals surface area contributed by atoms with Gasteiger partial charge in [0, 0.05) is 28.2 Å². The van der Waals surface area contributed by atoms with Gasteiger partial charge in [-0.05, 0) is 42.0 Å². The van der Waals surface area contributed by atoms with Gasteiger partial charge < -0.3 is 24.1 Å². The third-order valence-corrected chi connectivity index (χ3v) is 6.20. The van der Waals surface area contributed by atoms with Crippen LogP contribution in [0.15, 0.2) is 82.5 Å². The Morgan fingerprint density at radius 3 is 2.44 bits per heavy atom. The molecule has 3 aromatic carbocycles. The lowest BCUT2D eigenvalue weighted by molar-refractivity contribution is -0.274. The lowest BCUT2D eigenvalue weighted by atomic mass is 9.94. The Hall–Kier alpha value is -4.64. The number of anilines is 1. The van der Waals surface area contributed by atoms with E-state index in [1.165, 1.54) is 61.7 Å². The van der Waals surface area contributed by atoms with Crippen LogP contribution in [0.5, 0.6) is 17.2 Å². The number of fused-ring (bicyclic) bond motifs is 1. The number of hydrogen-bond acceptors (Lipinski definition) is 7. The first-order valence-corrected chi connectivity index (χ1v) is 11.6. The molecule has 1 aromatic heterocycles. The molecule has 1 aliphatic rings. The number of hydrogen-bond donors (Lipinski definition) is 2. The average Bonchev–Trinajstić information content (AvgIpc) is 3.41. The van der Waals surface area contributed by atoms with Gasteiger partial charge in [-0.3, -0.25) is 14.5 Å². The minimum Gasteiger partial charge on any atom is -0.508 e. The Kier molecular flexibility index (Phi) is 6.39. The third kappa shape index (κ3) is 4.84. The number of phenolic OH excluding ortho intramolecular Hbond substituents is 1. The zero-order chi connectivity index (χ0) is 28.1. The molecule has 1 atom stereocenters. The number of amides is 1. The quantitative estimate of drug-likeness (QED) is 0.260. The van der Waals surface area contributed by atoms with Crippen LogP contribution in [0, 0.1) is 0 Å². The topological polar surface area (TPSA) is 109 Å². The van der Waals surface area contributed by atoms with E-state index < -0.39 is 41.2 Å². The monoisotopic (exact) mass is 559 g/mol. The number of furan rings is 1. The van der Waals surface area contributed by atoms with Crippen LogP contribution >= 0.6 is 11.6 Å². The summed E-state index contributed by atoms with van der Waals surface area (Å²) in [6, 6.07) is 13.0. The first-order valence-electron chi connectivity index (χ1n) is 11.2. The third-order valence-electron chi connectivity index (χ3n) is 5.98.